The molecule has 0 fully saturated rings. The molecular weight excluding hydrogens is 412 g/mol. The van der Waals surface area contributed by atoms with Crippen molar-refractivity contribution in [2.45, 2.75) is 150 Å². The van der Waals surface area contributed by atoms with Gasteiger partial charge in [0.25, 0.3) is 0 Å². The van der Waals surface area contributed by atoms with Gasteiger partial charge in [0.1, 0.15) is 5.75 Å². The molecular formula is C33H56O. The van der Waals surface area contributed by atoms with E-state index in [1.165, 1.54) is 115 Å². The van der Waals surface area contributed by atoms with Crippen LogP contribution in [0.2, 0.25) is 0 Å². The first-order valence-corrected chi connectivity index (χ1v) is 15.0. The molecule has 0 spiro atoms. The first-order valence-electron chi connectivity index (χ1n) is 15.0. The van der Waals surface area contributed by atoms with Crippen LogP contribution in [-0.2, 0) is 6.42 Å². The Morgan fingerprint density at radius 3 is 1.82 bits per heavy atom. The first kappa shape index (κ1) is 30.6. The summed E-state index contributed by atoms with van der Waals surface area (Å²) >= 11 is 0. The molecule has 1 unspecified atom stereocenters. The highest BCUT2D eigenvalue weighted by Crippen LogP contribution is 2.22. The molecule has 1 heteroatoms. The van der Waals surface area contributed by atoms with Crippen LogP contribution in [-0.4, -0.2) is 6.61 Å². The van der Waals surface area contributed by atoms with Crippen molar-refractivity contribution < 1.29 is 4.74 Å². The number of ether oxygens (including phenoxy) is 1. The molecule has 0 radical (unpaired) electrons. The van der Waals surface area contributed by atoms with E-state index in [-0.39, 0.29) is 0 Å². The summed E-state index contributed by atoms with van der Waals surface area (Å²) in [6, 6.07) is 6.69. The second-order valence-electron chi connectivity index (χ2n) is 10.2. The summed E-state index contributed by atoms with van der Waals surface area (Å²) < 4.78 is 6.27. The van der Waals surface area contributed by atoms with Crippen molar-refractivity contribution in [1.82, 2.24) is 0 Å². The van der Waals surface area contributed by atoms with Crippen LogP contribution >= 0.6 is 0 Å². The van der Waals surface area contributed by atoms with E-state index in [1.807, 2.05) is 0 Å². The monoisotopic (exact) mass is 468 g/mol. The summed E-state index contributed by atoms with van der Waals surface area (Å²) in [5, 5.41) is 0. The van der Waals surface area contributed by atoms with Gasteiger partial charge in [0.2, 0.25) is 0 Å². The van der Waals surface area contributed by atoms with Crippen LogP contribution in [0.5, 0.6) is 5.75 Å². The normalized spacial score (nSPS) is 11.8. The lowest BCUT2D eigenvalue weighted by atomic mass is 10.00. The van der Waals surface area contributed by atoms with Gasteiger partial charge >= 0.3 is 0 Å². The van der Waals surface area contributed by atoms with E-state index in [1.54, 1.807) is 0 Å². The molecule has 0 saturated heterocycles. The van der Waals surface area contributed by atoms with Gasteiger partial charge in [-0.2, -0.15) is 0 Å². The Labute approximate surface area is 213 Å². The van der Waals surface area contributed by atoms with Crippen molar-refractivity contribution in [3.8, 4) is 17.6 Å². The average Bonchev–Trinajstić information content (AvgIpc) is 2.85. The van der Waals surface area contributed by atoms with Gasteiger partial charge in [0.05, 0.1) is 6.61 Å². The van der Waals surface area contributed by atoms with Gasteiger partial charge in [-0.3, -0.25) is 0 Å². The van der Waals surface area contributed by atoms with Gasteiger partial charge in [-0.05, 0) is 48.9 Å². The Hall–Kier alpha value is -1.42. The molecule has 0 N–H and O–H groups in total. The van der Waals surface area contributed by atoms with Gasteiger partial charge in [0.15, 0.2) is 0 Å². The van der Waals surface area contributed by atoms with Crippen LogP contribution in [0.1, 0.15) is 154 Å². The number of hydrogen-bond donors (Lipinski definition) is 0. The molecule has 34 heavy (non-hydrogen) atoms. The molecule has 1 rings (SSSR count). The smallest absolute Gasteiger partial charge is 0.120 e. The Morgan fingerprint density at radius 1 is 0.676 bits per heavy atom. The molecule has 194 valence electrons. The van der Waals surface area contributed by atoms with Crippen LogP contribution in [0, 0.1) is 17.8 Å². The van der Waals surface area contributed by atoms with E-state index in [2.05, 4.69) is 57.7 Å². The van der Waals surface area contributed by atoms with Crippen molar-refractivity contribution in [3.63, 3.8) is 0 Å². The van der Waals surface area contributed by atoms with Gasteiger partial charge in [0, 0.05) is 12.0 Å². The maximum absolute atomic E-state index is 6.27. The minimum Gasteiger partial charge on any atom is -0.493 e. The minimum atomic E-state index is 0.662. The zero-order chi connectivity index (χ0) is 24.7. The molecule has 0 aromatic heterocycles. The Bertz CT molecular complexity index is 650. The quantitative estimate of drug-likeness (QED) is 0.129. The SMILES string of the molecule is CCC#Cc1cc(CCCCCCCCCCCCCCC)cc(OCC(CC)CCCC)c1. The standard InChI is InChI=1S/C33H56O/c1-5-9-12-13-14-15-16-17-18-19-20-21-22-25-32-26-31(24-11-7-3)27-33(28-32)34-29-30(8-4)23-10-6-2/h26-28,30H,5-10,12-23,25,29H2,1-4H3. The van der Waals surface area contributed by atoms with E-state index in [0.717, 1.165) is 30.8 Å². The van der Waals surface area contributed by atoms with E-state index in [4.69, 9.17) is 4.74 Å². The molecule has 0 aliphatic carbocycles. The third kappa shape index (κ3) is 16.2. The minimum absolute atomic E-state index is 0.662. The number of benzene rings is 1. The lowest BCUT2D eigenvalue weighted by Gasteiger charge is -2.16. The highest BCUT2D eigenvalue weighted by atomic mass is 16.5. The maximum atomic E-state index is 6.27. The molecule has 1 aromatic carbocycles. The first-order chi connectivity index (χ1) is 16.7. The number of hydrogen-bond acceptors (Lipinski definition) is 1. The summed E-state index contributed by atoms with van der Waals surface area (Å²) in [6.07, 6.45) is 25.3. The van der Waals surface area contributed by atoms with Crippen molar-refractivity contribution in [3.05, 3.63) is 29.3 Å². The van der Waals surface area contributed by atoms with Crippen molar-refractivity contribution in [1.29, 1.82) is 0 Å². The zero-order valence-electron chi connectivity index (χ0n) is 23.4. The molecule has 1 aromatic rings. The van der Waals surface area contributed by atoms with Crippen LogP contribution in [0.4, 0.5) is 0 Å². The second kappa shape index (κ2) is 22.1. The van der Waals surface area contributed by atoms with Crippen molar-refractivity contribution in [2.24, 2.45) is 5.92 Å². The summed E-state index contributed by atoms with van der Waals surface area (Å²) in [4.78, 5) is 0. The zero-order valence-corrected chi connectivity index (χ0v) is 23.4. The molecule has 0 aliphatic heterocycles. The third-order valence-electron chi connectivity index (χ3n) is 6.97. The molecule has 1 nitrogen and oxygen atoms in total. The molecule has 1 atom stereocenters. The topological polar surface area (TPSA) is 9.23 Å². The van der Waals surface area contributed by atoms with E-state index < -0.39 is 0 Å². The van der Waals surface area contributed by atoms with Crippen LogP contribution < -0.4 is 4.74 Å². The van der Waals surface area contributed by atoms with E-state index in [0.29, 0.717) is 5.92 Å². The molecule has 0 saturated carbocycles. The number of aryl methyl sites for hydroxylation is 1. The highest BCUT2D eigenvalue weighted by molar-refractivity contribution is 5.43. The van der Waals surface area contributed by atoms with Crippen LogP contribution in [0.3, 0.4) is 0 Å². The van der Waals surface area contributed by atoms with Crippen LogP contribution in [0.15, 0.2) is 18.2 Å². The Morgan fingerprint density at radius 2 is 1.26 bits per heavy atom. The largest absolute Gasteiger partial charge is 0.493 e. The predicted octanol–water partition coefficient (Wildman–Crippen LogP) is 10.7. The fourth-order valence-corrected chi connectivity index (χ4v) is 4.61. The van der Waals surface area contributed by atoms with Gasteiger partial charge in [-0.1, -0.05) is 136 Å². The lowest BCUT2D eigenvalue weighted by Crippen LogP contribution is -2.11. The Kier molecular flexibility index (Phi) is 19.9. The van der Waals surface area contributed by atoms with Gasteiger partial charge in [-0.25, -0.2) is 0 Å². The maximum Gasteiger partial charge on any atom is 0.120 e. The summed E-state index contributed by atoms with van der Waals surface area (Å²) in [5.74, 6) is 8.24. The van der Waals surface area contributed by atoms with Crippen molar-refractivity contribution in [2.75, 3.05) is 6.61 Å². The lowest BCUT2D eigenvalue weighted by molar-refractivity contribution is 0.233. The summed E-state index contributed by atoms with van der Waals surface area (Å²) in [7, 11) is 0. The molecule has 0 heterocycles. The summed E-state index contributed by atoms with van der Waals surface area (Å²) in [5.41, 5.74) is 2.51. The average molecular weight is 469 g/mol. The third-order valence-corrected chi connectivity index (χ3v) is 6.97. The highest BCUT2D eigenvalue weighted by Gasteiger charge is 2.08. The number of unbranched alkanes of at least 4 members (excludes halogenated alkanes) is 13. The Balaban J connectivity index is 2.33. The van der Waals surface area contributed by atoms with E-state index in [9.17, 15) is 0 Å². The van der Waals surface area contributed by atoms with Crippen LogP contribution in [0.25, 0.3) is 0 Å². The van der Waals surface area contributed by atoms with Gasteiger partial charge in [-0.15, -0.1) is 0 Å². The fourth-order valence-electron chi connectivity index (χ4n) is 4.61. The summed E-state index contributed by atoms with van der Waals surface area (Å²) in [6.45, 7) is 9.79. The number of rotatable bonds is 21. The van der Waals surface area contributed by atoms with Crippen molar-refractivity contribution >= 4 is 0 Å². The fraction of sp³-hybridized carbons (Fsp3) is 0.758. The van der Waals surface area contributed by atoms with E-state index >= 15 is 0 Å². The molecule has 0 bridgehead atoms. The predicted molar refractivity (Wildman–Crippen MR) is 152 cm³/mol. The van der Waals surface area contributed by atoms with Gasteiger partial charge < -0.3 is 4.74 Å². The second-order valence-corrected chi connectivity index (χ2v) is 10.2. The molecule has 0 aliphatic rings. The molecule has 0 amide bonds.